The third-order valence-corrected chi connectivity index (χ3v) is 2.15. The van der Waals surface area contributed by atoms with Gasteiger partial charge in [0, 0.05) is 0 Å². The van der Waals surface area contributed by atoms with Gasteiger partial charge < -0.3 is 14.9 Å². The van der Waals surface area contributed by atoms with Crippen LogP contribution in [-0.2, 0) is 6.42 Å². The Balaban J connectivity index is 0. The molecule has 0 aliphatic carbocycles. The van der Waals surface area contributed by atoms with Crippen molar-refractivity contribution in [3.05, 3.63) is 29.6 Å². The second-order valence-corrected chi connectivity index (χ2v) is 4.68. The van der Waals surface area contributed by atoms with E-state index in [0.29, 0.717) is 0 Å². The highest BCUT2D eigenvalue weighted by molar-refractivity contribution is 5.33. The van der Waals surface area contributed by atoms with Crippen LogP contribution in [0.1, 0.15) is 46.6 Å². The molecule has 1 rings (SSSR count). The molecule has 118 valence electrons. The molecule has 0 saturated carbocycles. The summed E-state index contributed by atoms with van der Waals surface area (Å²) in [4.78, 5) is 0. The molecule has 0 atom stereocenters. The van der Waals surface area contributed by atoms with Gasteiger partial charge in [0.15, 0.2) is 0 Å². The zero-order valence-electron chi connectivity index (χ0n) is 13.5. The fourth-order valence-electron chi connectivity index (χ4n) is 1.21. The van der Waals surface area contributed by atoms with Crippen molar-refractivity contribution < 1.29 is 19.3 Å². The number of halogens is 1. The van der Waals surface area contributed by atoms with Crippen LogP contribution in [0.5, 0.6) is 5.75 Å². The molecule has 2 N–H and O–H groups in total. The molecule has 0 saturated heterocycles. The maximum atomic E-state index is 12.8. The summed E-state index contributed by atoms with van der Waals surface area (Å²) in [6.07, 6.45) is 1.86. The molecule has 1 aromatic rings. The molecule has 0 aliphatic rings. The molecule has 0 aliphatic heterocycles. The number of aliphatic hydroxyl groups excluding tert-OH is 1. The minimum absolute atomic E-state index is 0.174. The average Bonchev–Trinajstić information content (AvgIpc) is 2.42. The molecular formula is C16H29FO3. The SMILES string of the molecule is CC.CC(C)(O)CO.CCCc1cc(F)ccc1OC. The van der Waals surface area contributed by atoms with E-state index in [1.807, 2.05) is 13.8 Å². The number of methoxy groups -OCH3 is 1. The summed E-state index contributed by atoms with van der Waals surface area (Å²) in [6.45, 7) is 8.98. The topological polar surface area (TPSA) is 49.7 Å². The van der Waals surface area contributed by atoms with Crippen LogP contribution in [0, 0.1) is 5.82 Å². The van der Waals surface area contributed by atoms with Gasteiger partial charge in [-0.05, 0) is 44.0 Å². The lowest BCUT2D eigenvalue weighted by Crippen LogP contribution is -2.23. The predicted octanol–water partition coefficient (Wildman–Crippen LogP) is 3.56. The molecular weight excluding hydrogens is 259 g/mol. The van der Waals surface area contributed by atoms with Crippen LogP contribution in [0.3, 0.4) is 0 Å². The van der Waals surface area contributed by atoms with Gasteiger partial charge in [-0.3, -0.25) is 0 Å². The molecule has 0 amide bonds. The fourth-order valence-corrected chi connectivity index (χ4v) is 1.21. The summed E-state index contributed by atoms with van der Waals surface area (Å²) in [5.74, 6) is 0.581. The lowest BCUT2D eigenvalue weighted by Gasteiger charge is -2.10. The van der Waals surface area contributed by atoms with E-state index in [-0.39, 0.29) is 12.4 Å². The highest BCUT2D eigenvalue weighted by atomic mass is 19.1. The number of ether oxygens (including phenoxy) is 1. The van der Waals surface area contributed by atoms with E-state index in [2.05, 4.69) is 6.92 Å². The molecule has 0 unspecified atom stereocenters. The summed E-state index contributed by atoms with van der Waals surface area (Å²) < 4.78 is 17.8. The van der Waals surface area contributed by atoms with Crippen molar-refractivity contribution in [2.24, 2.45) is 0 Å². The van der Waals surface area contributed by atoms with E-state index < -0.39 is 5.60 Å². The van der Waals surface area contributed by atoms with Crippen LogP contribution in [0.15, 0.2) is 18.2 Å². The van der Waals surface area contributed by atoms with Gasteiger partial charge in [-0.15, -0.1) is 0 Å². The smallest absolute Gasteiger partial charge is 0.123 e. The van der Waals surface area contributed by atoms with Gasteiger partial charge >= 0.3 is 0 Å². The zero-order valence-corrected chi connectivity index (χ0v) is 13.5. The Morgan fingerprint density at radius 3 is 2.10 bits per heavy atom. The van der Waals surface area contributed by atoms with Crippen LogP contribution in [0.4, 0.5) is 4.39 Å². The highest BCUT2D eigenvalue weighted by Crippen LogP contribution is 2.20. The Hall–Kier alpha value is -1.13. The van der Waals surface area contributed by atoms with Crippen LogP contribution < -0.4 is 4.74 Å². The average molecular weight is 288 g/mol. The third-order valence-electron chi connectivity index (χ3n) is 2.15. The Bertz CT molecular complexity index is 346. The fraction of sp³-hybridized carbons (Fsp3) is 0.625. The van der Waals surface area contributed by atoms with E-state index in [1.54, 1.807) is 27.0 Å². The molecule has 4 heteroatoms. The lowest BCUT2D eigenvalue weighted by molar-refractivity contribution is 0.0183. The minimum atomic E-state index is -0.903. The monoisotopic (exact) mass is 288 g/mol. The molecule has 1 aromatic carbocycles. The minimum Gasteiger partial charge on any atom is -0.496 e. The molecule has 0 fully saturated rings. The van der Waals surface area contributed by atoms with Crippen molar-refractivity contribution in [1.82, 2.24) is 0 Å². The first kappa shape index (κ1) is 21.2. The quantitative estimate of drug-likeness (QED) is 0.890. The Kier molecular flexibility index (Phi) is 12.4. The number of hydrogen-bond donors (Lipinski definition) is 2. The number of aliphatic hydroxyl groups is 2. The standard InChI is InChI=1S/C10H13FO.C4H10O2.C2H6/c1-3-4-8-7-9(11)5-6-10(8)12-2;1-4(2,6)3-5;1-2/h5-7H,3-4H2,1-2H3;5-6H,3H2,1-2H3;1-2H3. The Morgan fingerprint density at radius 2 is 1.75 bits per heavy atom. The number of hydrogen-bond acceptors (Lipinski definition) is 3. The molecule has 0 bridgehead atoms. The second kappa shape index (κ2) is 11.7. The first-order valence-electron chi connectivity index (χ1n) is 6.99. The van der Waals surface area contributed by atoms with Gasteiger partial charge in [0.05, 0.1) is 19.3 Å². The van der Waals surface area contributed by atoms with Crippen LogP contribution in [0.2, 0.25) is 0 Å². The van der Waals surface area contributed by atoms with E-state index in [4.69, 9.17) is 14.9 Å². The van der Waals surface area contributed by atoms with Crippen molar-refractivity contribution in [1.29, 1.82) is 0 Å². The van der Waals surface area contributed by atoms with Gasteiger partial charge in [0.2, 0.25) is 0 Å². The van der Waals surface area contributed by atoms with E-state index in [9.17, 15) is 4.39 Å². The molecule has 20 heavy (non-hydrogen) atoms. The normalized spacial score (nSPS) is 9.85. The first-order chi connectivity index (χ1) is 9.34. The van der Waals surface area contributed by atoms with Gasteiger partial charge in [0.25, 0.3) is 0 Å². The largest absolute Gasteiger partial charge is 0.496 e. The molecule has 0 radical (unpaired) electrons. The van der Waals surface area contributed by atoms with Crippen LogP contribution in [-0.4, -0.2) is 29.5 Å². The van der Waals surface area contributed by atoms with Crippen molar-refractivity contribution in [3.63, 3.8) is 0 Å². The zero-order chi connectivity index (χ0) is 16.2. The molecule has 0 aromatic heterocycles. The second-order valence-electron chi connectivity index (χ2n) is 4.68. The summed E-state index contributed by atoms with van der Waals surface area (Å²) in [6, 6.07) is 4.61. The summed E-state index contributed by atoms with van der Waals surface area (Å²) in [7, 11) is 1.60. The lowest BCUT2D eigenvalue weighted by atomic mass is 10.1. The van der Waals surface area contributed by atoms with E-state index in [1.165, 1.54) is 12.1 Å². The van der Waals surface area contributed by atoms with Crippen molar-refractivity contribution in [2.75, 3.05) is 13.7 Å². The number of rotatable bonds is 4. The van der Waals surface area contributed by atoms with Gasteiger partial charge in [-0.2, -0.15) is 0 Å². The number of aryl methyl sites for hydroxylation is 1. The van der Waals surface area contributed by atoms with Gasteiger partial charge in [0.1, 0.15) is 11.6 Å². The van der Waals surface area contributed by atoms with Crippen LogP contribution >= 0.6 is 0 Å². The third kappa shape index (κ3) is 10.8. The predicted molar refractivity (Wildman–Crippen MR) is 81.7 cm³/mol. The van der Waals surface area contributed by atoms with Crippen molar-refractivity contribution >= 4 is 0 Å². The summed E-state index contributed by atoms with van der Waals surface area (Å²) >= 11 is 0. The maximum absolute atomic E-state index is 12.8. The molecule has 0 spiro atoms. The highest BCUT2D eigenvalue weighted by Gasteiger charge is 2.07. The van der Waals surface area contributed by atoms with Crippen molar-refractivity contribution in [3.8, 4) is 5.75 Å². The Labute approximate surface area is 122 Å². The Morgan fingerprint density at radius 1 is 1.25 bits per heavy atom. The van der Waals surface area contributed by atoms with Gasteiger partial charge in [-0.1, -0.05) is 27.2 Å². The molecule has 3 nitrogen and oxygen atoms in total. The summed E-state index contributed by atoms with van der Waals surface area (Å²) in [5.41, 5.74) is 0.0417. The molecule has 0 heterocycles. The maximum Gasteiger partial charge on any atom is 0.123 e. The van der Waals surface area contributed by atoms with Crippen molar-refractivity contribution in [2.45, 2.75) is 53.1 Å². The van der Waals surface area contributed by atoms with E-state index in [0.717, 1.165) is 24.2 Å². The van der Waals surface area contributed by atoms with Crippen LogP contribution in [0.25, 0.3) is 0 Å². The first-order valence-corrected chi connectivity index (χ1v) is 6.99. The van der Waals surface area contributed by atoms with E-state index >= 15 is 0 Å². The number of benzene rings is 1. The van der Waals surface area contributed by atoms with Gasteiger partial charge in [-0.25, -0.2) is 4.39 Å². The summed E-state index contributed by atoms with van der Waals surface area (Å²) in [5, 5.41) is 16.7.